The maximum absolute atomic E-state index is 11.8. The number of aryl methyl sites for hydroxylation is 1. The first kappa shape index (κ1) is 20.2. The van der Waals surface area contributed by atoms with Crippen LogP contribution < -0.4 is 10.3 Å². The number of hydrogen-bond donors (Lipinski definition) is 0. The third-order valence-corrected chi connectivity index (χ3v) is 5.97. The van der Waals surface area contributed by atoms with Crippen molar-refractivity contribution in [3.05, 3.63) is 76.1 Å². The van der Waals surface area contributed by atoms with Crippen LogP contribution in [-0.4, -0.2) is 36.2 Å². The van der Waals surface area contributed by atoms with Gasteiger partial charge in [0, 0.05) is 33.3 Å². The first-order chi connectivity index (χ1) is 14.5. The fourth-order valence-corrected chi connectivity index (χ4v) is 4.20. The highest BCUT2D eigenvalue weighted by molar-refractivity contribution is 5.79. The topological polar surface area (TPSA) is 43.7 Å². The van der Waals surface area contributed by atoms with E-state index in [1.54, 1.807) is 24.8 Å². The third-order valence-electron chi connectivity index (χ3n) is 5.97. The molecule has 2 heterocycles. The van der Waals surface area contributed by atoms with Gasteiger partial charge in [-0.3, -0.25) is 9.69 Å². The Morgan fingerprint density at radius 1 is 1.17 bits per heavy atom. The van der Waals surface area contributed by atoms with Gasteiger partial charge in [0.05, 0.1) is 12.1 Å². The summed E-state index contributed by atoms with van der Waals surface area (Å²) in [5, 5.41) is 1.02. The molecule has 5 nitrogen and oxygen atoms in total. The van der Waals surface area contributed by atoms with Gasteiger partial charge in [0.25, 0.3) is 5.56 Å². The minimum Gasteiger partial charge on any atom is -0.489 e. The van der Waals surface area contributed by atoms with Crippen molar-refractivity contribution in [2.24, 2.45) is 7.05 Å². The fraction of sp³-hybridized carbons (Fsp3) is 0.320. The number of pyridine rings is 1. The van der Waals surface area contributed by atoms with E-state index in [1.165, 1.54) is 0 Å². The Morgan fingerprint density at radius 3 is 2.83 bits per heavy atom. The summed E-state index contributed by atoms with van der Waals surface area (Å²) in [6, 6.07) is 17.6. The van der Waals surface area contributed by atoms with E-state index in [2.05, 4.69) is 29.0 Å². The lowest BCUT2D eigenvalue weighted by Crippen LogP contribution is -2.33. The lowest BCUT2D eigenvalue weighted by Gasteiger charge is -2.28. The average molecular weight is 402 g/mol. The highest BCUT2D eigenvalue weighted by atomic mass is 16.5. The summed E-state index contributed by atoms with van der Waals surface area (Å²) in [6.07, 6.45) is 6.38. The van der Waals surface area contributed by atoms with Gasteiger partial charge in [-0.15, -0.1) is 6.42 Å². The van der Waals surface area contributed by atoms with Crippen LogP contribution >= 0.6 is 0 Å². The van der Waals surface area contributed by atoms with Crippen molar-refractivity contribution in [2.45, 2.75) is 18.6 Å². The molecule has 1 aliphatic rings. The number of fused-ring (bicyclic) bond motifs is 1. The van der Waals surface area contributed by atoms with Crippen molar-refractivity contribution in [2.75, 3.05) is 26.7 Å². The molecule has 1 unspecified atom stereocenters. The maximum Gasteiger partial charge on any atom is 0.250 e. The molecule has 0 saturated carbocycles. The summed E-state index contributed by atoms with van der Waals surface area (Å²) in [5.41, 5.74) is 2.70. The van der Waals surface area contributed by atoms with E-state index >= 15 is 0 Å². The minimum absolute atomic E-state index is 0.0110. The molecule has 1 saturated heterocycles. The van der Waals surface area contributed by atoms with E-state index in [0.29, 0.717) is 13.2 Å². The molecule has 1 aromatic heterocycles. The van der Waals surface area contributed by atoms with Crippen LogP contribution in [0.5, 0.6) is 5.75 Å². The molecule has 0 radical (unpaired) electrons. The molecular weight excluding hydrogens is 376 g/mol. The largest absolute Gasteiger partial charge is 0.489 e. The van der Waals surface area contributed by atoms with Gasteiger partial charge >= 0.3 is 0 Å². The van der Waals surface area contributed by atoms with Crippen molar-refractivity contribution in [3.8, 4) is 18.1 Å². The van der Waals surface area contributed by atoms with E-state index in [-0.39, 0.29) is 11.2 Å². The van der Waals surface area contributed by atoms with Crippen LogP contribution in [0.4, 0.5) is 0 Å². The van der Waals surface area contributed by atoms with Crippen LogP contribution in [0.15, 0.2) is 59.4 Å². The Balaban J connectivity index is 1.51. The first-order valence-corrected chi connectivity index (χ1v) is 10.1. The lowest BCUT2D eigenvalue weighted by atomic mass is 9.92. The lowest BCUT2D eigenvalue weighted by molar-refractivity contribution is -0.00507. The second kappa shape index (κ2) is 8.35. The fourth-order valence-electron chi connectivity index (χ4n) is 4.20. The number of likely N-dealkylation sites (tertiary alicyclic amines) is 1. The highest BCUT2D eigenvalue weighted by Gasteiger charge is 2.39. The van der Waals surface area contributed by atoms with Gasteiger partial charge in [-0.2, -0.15) is 0 Å². The summed E-state index contributed by atoms with van der Waals surface area (Å²) < 4.78 is 13.7. The Hall–Kier alpha value is -3.07. The van der Waals surface area contributed by atoms with Crippen molar-refractivity contribution in [1.82, 2.24) is 9.47 Å². The van der Waals surface area contributed by atoms with Crippen molar-refractivity contribution in [3.63, 3.8) is 0 Å². The summed E-state index contributed by atoms with van der Waals surface area (Å²) in [5.74, 6) is 3.52. The van der Waals surface area contributed by atoms with Gasteiger partial charge in [-0.1, -0.05) is 24.1 Å². The normalized spacial score (nSPS) is 19.1. The number of hydrogen-bond acceptors (Lipinski definition) is 4. The SMILES string of the molecule is C#CCN1CCC(OC)(c2cccc(OCc3ccc4c(ccc(=O)n4C)c3)c2)C1. The Bertz CT molecular complexity index is 1160. The van der Waals surface area contributed by atoms with E-state index in [0.717, 1.165) is 47.3 Å². The van der Waals surface area contributed by atoms with Gasteiger partial charge in [-0.25, -0.2) is 0 Å². The van der Waals surface area contributed by atoms with Gasteiger partial charge in [-0.05, 0) is 53.3 Å². The number of terminal acetylenes is 1. The number of ether oxygens (including phenoxy) is 2. The van der Waals surface area contributed by atoms with Crippen LogP contribution in [0.25, 0.3) is 10.9 Å². The minimum atomic E-state index is -0.357. The molecule has 0 spiro atoms. The van der Waals surface area contributed by atoms with Crippen LogP contribution in [0.3, 0.4) is 0 Å². The predicted octanol–water partition coefficient (Wildman–Crippen LogP) is 3.30. The van der Waals surface area contributed by atoms with Crippen LogP contribution in [0.2, 0.25) is 0 Å². The summed E-state index contributed by atoms with van der Waals surface area (Å²) in [4.78, 5) is 14.0. The van der Waals surface area contributed by atoms with E-state index in [1.807, 2.05) is 30.3 Å². The van der Waals surface area contributed by atoms with Crippen LogP contribution in [0.1, 0.15) is 17.5 Å². The Kier molecular flexibility index (Phi) is 5.63. The monoisotopic (exact) mass is 402 g/mol. The molecule has 0 aliphatic carbocycles. The van der Waals surface area contributed by atoms with Crippen molar-refractivity contribution >= 4 is 10.9 Å². The zero-order valence-corrected chi connectivity index (χ0v) is 17.4. The highest BCUT2D eigenvalue weighted by Crippen LogP contribution is 2.36. The zero-order valence-electron chi connectivity index (χ0n) is 17.4. The molecule has 1 atom stereocenters. The third kappa shape index (κ3) is 3.85. The molecule has 0 amide bonds. The van der Waals surface area contributed by atoms with Crippen molar-refractivity contribution in [1.29, 1.82) is 0 Å². The summed E-state index contributed by atoms with van der Waals surface area (Å²) in [7, 11) is 3.54. The number of benzene rings is 2. The van der Waals surface area contributed by atoms with Crippen molar-refractivity contribution < 1.29 is 9.47 Å². The summed E-state index contributed by atoms with van der Waals surface area (Å²) >= 11 is 0. The number of aromatic nitrogens is 1. The predicted molar refractivity (Wildman–Crippen MR) is 119 cm³/mol. The van der Waals surface area contributed by atoms with Gasteiger partial charge < -0.3 is 14.0 Å². The quantitative estimate of drug-likeness (QED) is 0.594. The molecule has 154 valence electrons. The molecule has 0 N–H and O–H groups in total. The van der Waals surface area contributed by atoms with Crippen LogP contribution in [0, 0.1) is 12.3 Å². The van der Waals surface area contributed by atoms with E-state index in [9.17, 15) is 4.79 Å². The molecular formula is C25H26N2O3. The van der Waals surface area contributed by atoms with Crippen LogP contribution in [-0.2, 0) is 24.0 Å². The molecule has 30 heavy (non-hydrogen) atoms. The van der Waals surface area contributed by atoms with Gasteiger partial charge in [0.2, 0.25) is 0 Å². The Labute approximate surface area is 176 Å². The average Bonchev–Trinajstić information content (AvgIpc) is 3.20. The standard InChI is InChI=1S/C25H26N2O3/c1-4-13-27-14-12-25(18-27,29-3)21-6-5-7-22(16-21)30-17-19-8-10-23-20(15-19)9-11-24(28)26(23)2/h1,5-11,15-16H,12-14,17-18H2,2-3H3. The number of methoxy groups -OCH3 is 1. The van der Waals surface area contributed by atoms with Gasteiger partial charge in [0.1, 0.15) is 18.0 Å². The zero-order chi connectivity index (χ0) is 21.1. The van der Waals surface area contributed by atoms with Gasteiger partial charge in [0.15, 0.2) is 0 Å². The maximum atomic E-state index is 11.8. The van der Waals surface area contributed by atoms with E-state index < -0.39 is 0 Å². The number of nitrogens with zero attached hydrogens (tertiary/aromatic N) is 2. The molecule has 0 bridgehead atoms. The molecule has 5 heteroatoms. The first-order valence-electron chi connectivity index (χ1n) is 10.1. The molecule has 2 aromatic carbocycles. The Morgan fingerprint density at radius 2 is 2.03 bits per heavy atom. The molecule has 1 fully saturated rings. The summed E-state index contributed by atoms with van der Waals surface area (Å²) in [6.45, 7) is 2.78. The molecule has 3 aromatic rings. The second-order valence-corrected chi connectivity index (χ2v) is 7.80. The van der Waals surface area contributed by atoms with E-state index in [4.69, 9.17) is 15.9 Å². The smallest absolute Gasteiger partial charge is 0.250 e. The molecule has 4 rings (SSSR count). The molecule has 1 aliphatic heterocycles. The second-order valence-electron chi connectivity index (χ2n) is 7.80. The number of rotatable bonds is 6.